The molecule has 3 aliphatic rings. The molecule has 1 aromatic carbocycles. The number of aryl methyl sites for hydroxylation is 1. The third-order valence-electron chi connectivity index (χ3n) is 6.82. The molecule has 2 aliphatic carbocycles. The zero-order valence-corrected chi connectivity index (χ0v) is 18.4. The minimum Gasteiger partial charge on any atom is -0.355 e. The number of nitrogens with zero attached hydrogens (tertiary/aromatic N) is 4. The van der Waals surface area contributed by atoms with Gasteiger partial charge in [0.05, 0.1) is 23.2 Å². The molecule has 1 saturated heterocycles. The van der Waals surface area contributed by atoms with Crippen LogP contribution in [0.3, 0.4) is 0 Å². The van der Waals surface area contributed by atoms with E-state index in [0.717, 1.165) is 23.4 Å². The van der Waals surface area contributed by atoms with E-state index in [1.54, 1.807) is 7.05 Å². The number of aromatic nitrogens is 2. The van der Waals surface area contributed by atoms with Gasteiger partial charge in [-0.15, -0.1) is 0 Å². The highest BCUT2D eigenvalue weighted by atomic mass is 16.2. The summed E-state index contributed by atoms with van der Waals surface area (Å²) >= 11 is 0. The number of benzene rings is 1. The number of para-hydroxylation sites is 1. The minimum absolute atomic E-state index is 0.00922. The topological polar surface area (TPSA) is 91.6 Å². The number of fused-ring (bicyclic) bond motifs is 5. The van der Waals surface area contributed by atoms with Crippen molar-refractivity contribution < 1.29 is 9.59 Å². The number of hydrogen-bond acceptors (Lipinski definition) is 4. The zero-order chi connectivity index (χ0) is 22.2. The summed E-state index contributed by atoms with van der Waals surface area (Å²) in [6, 6.07) is 10.0. The van der Waals surface area contributed by atoms with Gasteiger partial charge in [0.25, 0.3) is 0 Å². The number of carbonyl (C=O) groups is 2. The molecule has 0 radical (unpaired) electrons. The average Bonchev–Trinajstić information content (AvgIpc) is 3.57. The van der Waals surface area contributed by atoms with E-state index in [1.165, 1.54) is 4.90 Å². The molecule has 166 valence electrons. The number of likely N-dealkylation sites (tertiary alicyclic amines) is 1. The first kappa shape index (κ1) is 20.5. The van der Waals surface area contributed by atoms with Crippen LogP contribution in [-0.4, -0.2) is 52.6 Å². The quantitative estimate of drug-likeness (QED) is 0.314. The van der Waals surface area contributed by atoms with Crippen molar-refractivity contribution in [3.63, 3.8) is 0 Å². The lowest BCUT2D eigenvalue weighted by atomic mass is 9.85. The van der Waals surface area contributed by atoms with Crippen molar-refractivity contribution in [2.45, 2.75) is 19.9 Å². The van der Waals surface area contributed by atoms with E-state index in [0.29, 0.717) is 25.6 Å². The summed E-state index contributed by atoms with van der Waals surface area (Å²) in [7, 11) is 1.71. The largest absolute Gasteiger partial charge is 0.355 e. The van der Waals surface area contributed by atoms with Gasteiger partial charge in [0, 0.05) is 32.9 Å². The third kappa shape index (κ3) is 3.49. The average molecular weight is 433 g/mol. The molecule has 2 fully saturated rings. The maximum absolute atomic E-state index is 12.8. The van der Waals surface area contributed by atoms with Crippen LogP contribution < -0.4 is 10.6 Å². The lowest BCUT2D eigenvalue weighted by Gasteiger charge is -2.19. The molecule has 0 spiro atoms. The van der Waals surface area contributed by atoms with Crippen LogP contribution in [0, 0.1) is 30.6 Å². The molecule has 1 saturated carbocycles. The van der Waals surface area contributed by atoms with Crippen molar-refractivity contribution in [1.29, 1.82) is 0 Å². The van der Waals surface area contributed by atoms with E-state index < -0.39 is 0 Å². The molecule has 2 bridgehead atoms. The Morgan fingerprint density at radius 3 is 2.47 bits per heavy atom. The van der Waals surface area contributed by atoms with Crippen molar-refractivity contribution in [1.82, 2.24) is 25.3 Å². The predicted molar refractivity (Wildman–Crippen MR) is 121 cm³/mol. The first-order chi connectivity index (χ1) is 15.6. The van der Waals surface area contributed by atoms with Crippen molar-refractivity contribution in [3.05, 3.63) is 59.9 Å². The Kier molecular flexibility index (Phi) is 5.28. The van der Waals surface area contributed by atoms with Crippen molar-refractivity contribution in [2.24, 2.45) is 28.7 Å². The van der Waals surface area contributed by atoms with Crippen LogP contribution in [0.5, 0.6) is 0 Å². The Labute approximate surface area is 187 Å². The Morgan fingerprint density at radius 2 is 1.81 bits per heavy atom. The molecule has 2 aromatic rings. The van der Waals surface area contributed by atoms with Gasteiger partial charge in [-0.3, -0.25) is 19.5 Å². The maximum atomic E-state index is 12.8. The Hall–Kier alpha value is -3.42. The molecule has 2 amide bonds. The predicted octanol–water partition coefficient (Wildman–Crippen LogP) is 1.65. The second kappa shape index (κ2) is 8.26. The standard InChI is InChI=1S/C24H28N6O2/c1-15-9-11-30(28-15)19-6-4-3-5-18(19)14-27-24(25-2)26-10-12-29-22(31)20-16-7-8-17(13-16)21(20)23(29)32/h3-9,11,16-17,20-21H,10,12-14H2,1-2H3,(H2,25,26,27). The molecular formula is C24H28N6O2. The van der Waals surface area contributed by atoms with Crippen LogP contribution in [0.25, 0.3) is 5.69 Å². The first-order valence-electron chi connectivity index (χ1n) is 11.2. The number of amides is 2. The van der Waals surface area contributed by atoms with Gasteiger partial charge < -0.3 is 10.6 Å². The monoisotopic (exact) mass is 432 g/mol. The summed E-state index contributed by atoms with van der Waals surface area (Å²) in [6.45, 7) is 3.34. The van der Waals surface area contributed by atoms with Gasteiger partial charge >= 0.3 is 0 Å². The van der Waals surface area contributed by atoms with Crippen LogP contribution in [0.1, 0.15) is 17.7 Å². The smallest absolute Gasteiger partial charge is 0.233 e. The lowest BCUT2D eigenvalue weighted by Crippen LogP contribution is -2.43. The molecule has 2 heterocycles. The van der Waals surface area contributed by atoms with Crippen molar-refractivity contribution in [2.75, 3.05) is 20.1 Å². The van der Waals surface area contributed by atoms with Gasteiger partial charge in [-0.05, 0) is 42.9 Å². The normalized spacial score (nSPS) is 26.2. The van der Waals surface area contributed by atoms with Crippen LogP contribution in [0.4, 0.5) is 0 Å². The van der Waals surface area contributed by atoms with E-state index in [-0.39, 0.29) is 35.5 Å². The van der Waals surface area contributed by atoms with Crippen LogP contribution in [-0.2, 0) is 16.1 Å². The molecule has 8 heteroatoms. The Balaban J connectivity index is 1.16. The molecule has 5 rings (SSSR count). The molecule has 32 heavy (non-hydrogen) atoms. The van der Waals surface area contributed by atoms with Gasteiger partial charge in [0.1, 0.15) is 0 Å². The molecule has 2 N–H and O–H groups in total. The number of allylic oxidation sites excluding steroid dienone is 2. The number of rotatable bonds is 6. The number of guanidine groups is 1. The van der Waals surface area contributed by atoms with Gasteiger partial charge in [0.15, 0.2) is 5.96 Å². The summed E-state index contributed by atoms with van der Waals surface area (Å²) in [5, 5.41) is 11.0. The van der Waals surface area contributed by atoms with E-state index in [9.17, 15) is 9.59 Å². The SMILES string of the molecule is CN=C(NCCN1C(=O)C2C3C=CC(C3)C2C1=O)NCc1ccccc1-n1ccc(C)n1. The summed E-state index contributed by atoms with van der Waals surface area (Å²) in [4.78, 5) is 31.3. The lowest BCUT2D eigenvalue weighted by molar-refractivity contribution is -0.140. The van der Waals surface area contributed by atoms with Gasteiger partial charge in [0.2, 0.25) is 11.8 Å². The molecular weight excluding hydrogens is 404 g/mol. The fraction of sp³-hybridized carbons (Fsp3) is 0.417. The van der Waals surface area contributed by atoms with Gasteiger partial charge in [-0.1, -0.05) is 30.4 Å². The second-order valence-corrected chi connectivity index (χ2v) is 8.71. The zero-order valence-electron chi connectivity index (χ0n) is 18.4. The van der Waals surface area contributed by atoms with E-state index in [2.05, 4.69) is 38.9 Å². The summed E-state index contributed by atoms with van der Waals surface area (Å²) < 4.78 is 1.87. The minimum atomic E-state index is -0.141. The first-order valence-corrected chi connectivity index (χ1v) is 11.2. The van der Waals surface area contributed by atoms with Crippen LogP contribution in [0.2, 0.25) is 0 Å². The fourth-order valence-corrected chi connectivity index (χ4v) is 5.30. The number of imide groups is 1. The number of nitrogens with one attached hydrogen (secondary N) is 2. The highest BCUT2D eigenvalue weighted by Crippen LogP contribution is 2.52. The van der Waals surface area contributed by atoms with Crippen LogP contribution in [0.15, 0.2) is 53.7 Å². The fourth-order valence-electron chi connectivity index (χ4n) is 5.30. The molecule has 1 aromatic heterocycles. The molecule has 8 nitrogen and oxygen atoms in total. The highest BCUT2D eigenvalue weighted by Gasteiger charge is 2.58. The van der Waals surface area contributed by atoms with Crippen LogP contribution >= 0.6 is 0 Å². The van der Waals surface area contributed by atoms with Gasteiger partial charge in [-0.2, -0.15) is 5.10 Å². The van der Waals surface area contributed by atoms with E-state index in [4.69, 9.17) is 0 Å². The maximum Gasteiger partial charge on any atom is 0.233 e. The molecule has 4 atom stereocenters. The Morgan fingerprint density at radius 1 is 1.09 bits per heavy atom. The third-order valence-corrected chi connectivity index (χ3v) is 6.82. The highest BCUT2D eigenvalue weighted by molar-refractivity contribution is 6.06. The summed E-state index contributed by atoms with van der Waals surface area (Å²) in [5.41, 5.74) is 3.05. The van der Waals surface area contributed by atoms with E-state index >= 15 is 0 Å². The number of hydrogen-bond donors (Lipinski definition) is 2. The number of carbonyl (C=O) groups excluding carboxylic acids is 2. The second-order valence-electron chi connectivity index (χ2n) is 8.71. The number of aliphatic imine (C=N–C) groups is 1. The molecule has 1 aliphatic heterocycles. The summed E-state index contributed by atoms with van der Waals surface area (Å²) in [6.07, 6.45) is 7.14. The molecule has 4 unspecified atom stereocenters. The van der Waals surface area contributed by atoms with Gasteiger partial charge in [-0.25, -0.2) is 4.68 Å². The summed E-state index contributed by atoms with van der Waals surface area (Å²) in [5.74, 6) is 0.808. The van der Waals surface area contributed by atoms with Crippen molar-refractivity contribution in [3.8, 4) is 5.69 Å². The Bertz CT molecular complexity index is 1070. The van der Waals surface area contributed by atoms with E-state index in [1.807, 2.05) is 42.1 Å². The van der Waals surface area contributed by atoms with Crippen molar-refractivity contribution >= 4 is 17.8 Å².